The minimum absolute atomic E-state index is 0.176. The molecule has 3 fully saturated rings. The molecule has 1 N–H and O–H groups in total. The van der Waals surface area contributed by atoms with E-state index in [2.05, 4.69) is 0 Å². The fourth-order valence-electron chi connectivity index (χ4n) is 4.24. The Morgan fingerprint density at radius 1 is 1.11 bits per heavy atom. The van der Waals surface area contributed by atoms with E-state index in [0.29, 0.717) is 13.1 Å². The van der Waals surface area contributed by atoms with E-state index in [-0.39, 0.29) is 17.7 Å². The SMILES string of the molecule is O=C(C1CCCC1)N1C[C@@H]2CCC[C@@]2(C(=O)O)C1. The van der Waals surface area contributed by atoms with Crippen LogP contribution in [0.3, 0.4) is 0 Å². The number of carboxylic acid groups (broad SMARTS) is 1. The fraction of sp³-hybridized carbons (Fsp3) is 0.857. The maximum Gasteiger partial charge on any atom is 0.311 e. The quantitative estimate of drug-likeness (QED) is 0.815. The number of hydrogen-bond donors (Lipinski definition) is 1. The van der Waals surface area contributed by atoms with Gasteiger partial charge in [-0.2, -0.15) is 0 Å². The van der Waals surface area contributed by atoms with Crippen LogP contribution in [0.2, 0.25) is 0 Å². The van der Waals surface area contributed by atoms with Gasteiger partial charge in [0.15, 0.2) is 0 Å². The molecule has 4 heteroatoms. The van der Waals surface area contributed by atoms with Gasteiger partial charge in [0.05, 0.1) is 5.41 Å². The number of rotatable bonds is 2. The van der Waals surface area contributed by atoms with E-state index in [1.54, 1.807) is 0 Å². The van der Waals surface area contributed by atoms with Crippen molar-refractivity contribution in [3.05, 3.63) is 0 Å². The summed E-state index contributed by atoms with van der Waals surface area (Å²) in [4.78, 5) is 25.8. The van der Waals surface area contributed by atoms with Crippen LogP contribution in [0.1, 0.15) is 44.9 Å². The van der Waals surface area contributed by atoms with Crippen LogP contribution in [0.4, 0.5) is 0 Å². The maximum absolute atomic E-state index is 12.4. The van der Waals surface area contributed by atoms with Crippen LogP contribution in [-0.4, -0.2) is 35.0 Å². The van der Waals surface area contributed by atoms with E-state index in [1.165, 1.54) is 0 Å². The minimum Gasteiger partial charge on any atom is -0.481 e. The fourth-order valence-corrected chi connectivity index (χ4v) is 4.24. The molecule has 3 aliphatic rings. The highest BCUT2D eigenvalue weighted by Gasteiger charge is 2.56. The topological polar surface area (TPSA) is 57.6 Å². The predicted molar refractivity (Wildman–Crippen MR) is 65.9 cm³/mol. The first-order valence-corrected chi connectivity index (χ1v) is 7.16. The molecule has 0 aromatic rings. The molecule has 0 aromatic heterocycles. The van der Waals surface area contributed by atoms with Crippen LogP contribution in [-0.2, 0) is 9.59 Å². The van der Waals surface area contributed by atoms with Crippen LogP contribution >= 0.6 is 0 Å². The normalized spacial score (nSPS) is 36.0. The molecular weight excluding hydrogens is 230 g/mol. The number of hydrogen-bond acceptors (Lipinski definition) is 2. The molecular formula is C14H21NO3. The van der Waals surface area contributed by atoms with Gasteiger partial charge in [0.1, 0.15) is 0 Å². The van der Waals surface area contributed by atoms with Crippen molar-refractivity contribution in [2.75, 3.05) is 13.1 Å². The first-order valence-electron chi connectivity index (χ1n) is 7.16. The van der Waals surface area contributed by atoms with Gasteiger partial charge < -0.3 is 10.0 Å². The number of likely N-dealkylation sites (tertiary alicyclic amines) is 1. The second kappa shape index (κ2) is 4.25. The van der Waals surface area contributed by atoms with Crippen molar-refractivity contribution in [1.29, 1.82) is 0 Å². The van der Waals surface area contributed by atoms with Crippen molar-refractivity contribution in [3.63, 3.8) is 0 Å². The van der Waals surface area contributed by atoms with Gasteiger partial charge in [-0.25, -0.2) is 0 Å². The lowest BCUT2D eigenvalue weighted by Crippen LogP contribution is -2.38. The van der Waals surface area contributed by atoms with Crippen molar-refractivity contribution in [3.8, 4) is 0 Å². The molecule has 1 aliphatic heterocycles. The molecule has 1 heterocycles. The lowest BCUT2D eigenvalue weighted by atomic mass is 9.81. The summed E-state index contributed by atoms with van der Waals surface area (Å²) in [5.41, 5.74) is -0.617. The summed E-state index contributed by atoms with van der Waals surface area (Å²) in [5.74, 6) is -0.0933. The van der Waals surface area contributed by atoms with E-state index in [4.69, 9.17) is 0 Å². The third-order valence-corrected chi connectivity index (χ3v) is 5.31. The molecule has 3 rings (SSSR count). The predicted octanol–water partition coefficient (Wildman–Crippen LogP) is 1.89. The van der Waals surface area contributed by atoms with Crippen LogP contribution < -0.4 is 0 Å². The van der Waals surface area contributed by atoms with E-state index < -0.39 is 11.4 Å². The zero-order valence-corrected chi connectivity index (χ0v) is 10.7. The second-order valence-electron chi connectivity index (χ2n) is 6.25. The number of amides is 1. The Morgan fingerprint density at radius 3 is 2.44 bits per heavy atom. The Hall–Kier alpha value is -1.06. The molecule has 2 saturated carbocycles. The first kappa shape index (κ1) is 12.0. The van der Waals surface area contributed by atoms with Crippen molar-refractivity contribution in [2.45, 2.75) is 44.9 Å². The molecule has 2 aliphatic carbocycles. The first-order chi connectivity index (χ1) is 8.63. The third-order valence-electron chi connectivity index (χ3n) is 5.31. The lowest BCUT2D eigenvalue weighted by molar-refractivity contribution is -0.149. The molecule has 100 valence electrons. The number of carbonyl (C=O) groups excluding carboxylic acids is 1. The number of aliphatic carboxylic acids is 1. The standard InChI is InChI=1S/C14H21NO3/c16-12(10-4-1-2-5-10)15-8-11-6-3-7-14(11,9-15)13(17)18/h10-11H,1-9H2,(H,17,18)/t11-,14+/m0/s1. The summed E-state index contributed by atoms with van der Waals surface area (Å²) in [5, 5.41) is 9.50. The van der Waals surface area contributed by atoms with Crippen LogP contribution in [0.5, 0.6) is 0 Å². The third kappa shape index (κ3) is 1.65. The minimum atomic E-state index is -0.688. The van der Waals surface area contributed by atoms with Crippen LogP contribution in [0.15, 0.2) is 0 Å². The zero-order valence-electron chi connectivity index (χ0n) is 10.7. The van der Waals surface area contributed by atoms with Crippen molar-refractivity contribution in [2.24, 2.45) is 17.3 Å². The average molecular weight is 251 g/mol. The summed E-state index contributed by atoms with van der Waals surface area (Å²) in [6, 6.07) is 0. The molecule has 4 nitrogen and oxygen atoms in total. The van der Waals surface area contributed by atoms with Gasteiger partial charge in [0, 0.05) is 19.0 Å². The van der Waals surface area contributed by atoms with E-state index in [1.807, 2.05) is 4.90 Å². The monoisotopic (exact) mass is 251 g/mol. The van der Waals surface area contributed by atoms with Gasteiger partial charge in [0.25, 0.3) is 0 Å². The number of carbonyl (C=O) groups is 2. The molecule has 1 amide bonds. The molecule has 0 radical (unpaired) electrons. The average Bonchev–Trinajstić information content (AvgIpc) is 3.03. The van der Waals surface area contributed by atoms with Gasteiger partial charge >= 0.3 is 5.97 Å². The van der Waals surface area contributed by atoms with Gasteiger partial charge in [0.2, 0.25) is 5.91 Å². The maximum atomic E-state index is 12.4. The summed E-state index contributed by atoms with van der Waals surface area (Å²) >= 11 is 0. The molecule has 1 saturated heterocycles. The van der Waals surface area contributed by atoms with Crippen molar-refractivity contribution >= 4 is 11.9 Å². The summed E-state index contributed by atoms with van der Waals surface area (Å²) in [6.45, 7) is 1.14. The molecule has 0 spiro atoms. The van der Waals surface area contributed by atoms with E-state index in [0.717, 1.165) is 44.9 Å². The molecule has 0 aromatic carbocycles. The smallest absolute Gasteiger partial charge is 0.311 e. The van der Waals surface area contributed by atoms with E-state index in [9.17, 15) is 14.7 Å². The van der Waals surface area contributed by atoms with Crippen LogP contribution in [0.25, 0.3) is 0 Å². The van der Waals surface area contributed by atoms with Gasteiger partial charge in [-0.15, -0.1) is 0 Å². The van der Waals surface area contributed by atoms with Gasteiger partial charge in [-0.3, -0.25) is 9.59 Å². The van der Waals surface area contributed by atoms with Gasteiger partial charge in [-0.1, -0.05) is 19.3 Å². The Bertz CT molecular complexity index is 375. The highest BCUT2D eigenvalue weighted by Crippen LogP contribution is 2.49. The molecule has 0 bridgehead atoms. The summed E-state index contributed by atoms with van der Waals surface area (Å²) < 4.78 is 0. The summed E-state index contributed by atoms with van der Waals surface area (Å²) in [6.07, 6.45) is 7.03. The summed E-state index contributed by atoms with van der Waals surface area (Å²) in [7, 11) is 0. The molecule has 0 unspecified atom stereocenters. The Kier molecular flexibility index (Phi) is 2.83. The lowest BCUT2D eigenvalue weighted by Gasteiger charge is -2.24. The second-order valence-corrected chi connectivity index (χ2v) is 6.25. The van der Waals surface area contributed by atoms with Crippen molar-refractivity contribution < 1.29 is 14.7 Å². The van der Waals surface area contributed by atoms with Crippen LogP contribution in [0, 0.1) is 17.3 Å². The van der Waals surface area contributed by atoms with Crippen molar-refractivity contribution in [1.82, 2.24) is 4.90 Å². The molecule has 18 heavy (non-hydrogen) atoms. The highest BCUT2D eigenvalue weighted by atomic mass is 16.4. The Labute approximate surface area is 107 Å². The highest BCUT2D eigenvalue weighted by molar-refractivity contribution is 5.83. The van der Waals surface area contributed by atoms with Gasteiger partial charge in [-0.05, 0) is 31.6 Å². The number of fused-ring (bicyclic) bond motifs is 1. The number of nitrogens with zero attached hydrogens (tertiary/aromatic N) is 1. The molecule has 2 atom stereocenters. The Balaban J connectivity index is 1.74. The zero-order chi connectivity index (χ0) is 12.8. The largest absolute Gasteiger partial charge is 0.481 e. The Morgan fingerprint density at radius 2 is 1.83 bits per heavy atom. The number of carboxylic acids is 1. The van der Waals surface area contributed by atoms with E-state index >= 15 is 0 Å².